The molecule has 0 amide bonds. The molecule has 0 saturated carbocycles. The fourth-order valence-corrected chi connectivity index (χ4v) is 2.49. The number of benzene rings is 1. The maximum absolute atomic E-state index is 11.4. The highest BCUT2D eigenvalue weighted by molar-refractivity contribution is 5.89. The largest absolute Gasteiger partial charge is 0.295 e. The van der Waals surface area contributed by atoms with Gasteiger partial charge in [0.05, 0.1) is 0 Å². The second-order valence-corrected chi connectivity index (χ2v) is 4.80. The summed E-state index contributed by atoms with van der Waals surface area (Å²) in [5, 5.41) is 0. The number of carbonyl (C=O) groups excluding carboxylic acids is 1. The van der Waals surface area contributed by atoms with Crippen LogP contribution in [0.15, 0.2) is 42.5 Å². The molecule has 0 aliphatic heterocycles. The summed E-state index contributed by atoms with van der Waals surface area (Å²) in [5.41, 5.74) is 1.45. The van der Waals surface area contributed by atoms with Gasteiger partial charge in [0.25, 0.3) is 0 Å². The Morgan fingerprint density at radius 2 is 1.82 bits per heavy atom. The van der Waals surface area contributed by atoms with E-state index in [1.54, 1.807) is 6.08 Å². The highest BCUT2D eigenvalue weighted by atomic mass is 16.1. The average Bonchev–Trinajstić information content (AvgIpc) is 2.38. The molecule has 1 aromatic carbocycles. The van der Waals surface area contributed by atoms with E-state index in [1.165, 1.54) is 18.4 Å². The van der Waals surface area contributed by atoms with Gasteiger partial charge in [0, 0.05) is 6.42 Å². The Morgan fingerprint density at radius 3 is 2.65 bits per heavy atom. The summed E-state index contributed by atoms with van der Waals surface area (Å²) in [6.07, 6.45) is 10.1. The van der Waals surface area contributed by atoms with Gasteiger partial charge in [0.15, 0.2) is 5.78 Å². The lowest BCUT2D eigenvalue weighted by Crippen LogP contribution is -2.02. The zero-order chi connectivity index (χ0) is 11.9. The monoisotopic (exact) mass is 228 g/mol. The van der Waals surface area contributed by atoms with Crippen molar-refractivity contribution < 1.29 is 4.79 Å². The predicted molar refractivity (Wildman–Crippen MR) is 71.0 cm³/mol. The highest BCUT2D eigenvalue weighted by Crippen LogP contribution is 2.28. The van der Waals surface area contributed by atoms with Crippen molar-refractivity contribution in [3.63, 3.8) is 0 Å². The third-order valence-corrected chi connectivity index (χ3v) is 3.48. The maximum Gasteiger partial charge on any atom is 0.155 e. The minimum absolute atomic E-state index is 0.295. The highest BCUT2D eigenvalue weighted by Gasteiger charge is 2.11. The quantitative estimate of drug-likeness (QED) is 0.702. The van der Waals surface area contributed by atoms with Crippen molar-refractivity contribution in [2.24, 2.45) is 0 Å². The van der Waals surface area contributed by atoms with Crippen molar-refractivity contribution in [3.8, 4) is 0 Å². The summed E-state index contributed by atoms with van der Waals surface area (Å²) < 4.78 is 0. The van der Waals surface area contributed by atoms with Crippen LogP contribution in [0.2, 0.25) is 0 Å². The minimum atomic E-state index is 0.295. The maximum atomic E-state index is 11.4. The Bertz CT molecular complexity index is 378. The molecule has 1 aromatic rings. The Hall–Kier alpha value is -1.37. The summed E-state index contributed by atoms with van der Waals surface area (Å²) in [6, 6.07) is 10.8. The molecule has 0 N–H and O–H groups in total. The first-order valence-corrected chi connectivity index (χ1v) is 6.60. The van der Waals surface area contributed by atoms with Crippen LogP contribution in [0.1, 0.15) is 50.0 Å². The smallest absolute Gasteiger partial charge is 0.155 e. The first-order chi connectivity index (χ1) is 8.36. The molecule has 0 fully saturated rings. The molecule has 17 heavy (non-hydrogen) atoms. The molecule has 1 aliphatic carbocycles. The van der Waals surface area contributed by atoms with Gasteiger partial charge in [-0.25, -0.2) is 0 Å². The number of hydrogen-bond donors (Lipinski definition) is 0. The van der Waals surface area contributed by atoms with Gasteiger partial charge in [0.1, 0.15) is 0 Å². The van der Waals surface area contributed by atoms with Crippen LogP contribution in [0.4, 0.5) is 0 Å². The number of ketones is 1. The normalized spacial score (nSPS) is 24.2. The summed E-state index contributed by atoms with van der Waals surface area (Å²) in [5.74, 6) is 0.956. The fraction of sp³-hybridized carbons (Fsp3) is 0.438. The van der Waals surface area contributed by atoms with Gasteiger partial charge in [-0.05, 0) is 43.2 Å². The van der Waals surface area contributed by atoms with E-state index in [2.05, 4.69) is 30.3 Å². The Balaban J connectivity index is 2.02. The zero-order valence-corrected chi connectivity index (χ0v) is 10.3. The van der Waals surface area contributed by atoms with E-state index in [1.807, 2.05) is 6.08 Å². The van der Waals surface area contributed by atoms with Crippen molar-refractivity contribution in [3.05, 3.63) is 48.0 Å². The minimum Gasteiger partial charge on any atom is -0.295 e. The fourth-order valence-electron chi connectivity index (χ4n) is 2.49. The second kappa shape index (κ2) is 6.39. The first kappa shape index (κ1) is 12.1. The first-order valence-electron chi connectivity index (χ1n) is 6.60. The molecule has 0 saturated heterocycles. The second-order valence-electron chi connectivity index (χ2n) is 4.80. The van der Waals surface area contributed by atoms with Crippen LogP contribution in [0.5, 0.6) is 0 Å². The summed E-state index contributed by atoms with van der Waals surface area (Å²) in [7, 11) is 0. The van der Waals surface area contributed by atoms with Gasteiger partial charge in [-0.1, -0.05) is 42.8 Å². The van der Waals surface area contributed by atoms with Crippen LogP contribution in [-0.2, 0) is 4.79 Å². The molecule has 0 aromatic heterocycles. The van der Waals surface area contributed by atoms with Crippen LogP contribution in [0.25, 0.3) is 0 Å². The molecule has 2 rings (SSSR count). The van der Waals surface area contributed by atoms with Gasteiger partial charge in [-0.2, -0.15) is 0 Å². The third-order valence-electron chi connectivity index (χ3n) is 3.48. The van der Waals surface area contributed by atoms with Gasteiger partial charge < -0.3 is 0 Å². The Labute approximate surface area is 104 Å². The van der Waals surface area contributed by atoms with Gasteiger partial charge in [-0.15, -0.1) is 0 Å². The topological polar surface area (TPSA) is 17.1 Å². The third kappa shape index (κ3) is 3.85. The van der Waals surface area contributed by atoms with E-state index < -0.39 is 0 Å². The summed E-state index contributed by atoms with van der Waals surface area (Å²) in [4.78, 5) is 11.4. The van der Waals surface area contributed by atoms with Crippen molar-refractivity contribution in [1.29, 1.82) is 0 Å². The number of allylic oxidation sites excluding steroid dienone is 2. The molecule has 1 heteroatoms. The lowest BCUT2D eigenvalue weighted by molar-refractivity contribution is -0.114. The van der Waals surface area contributed by atoms with Crippen LogP contribution < -0.4 is 0 Å². The van der Waals surface area contributed by atoms with Crippen LogP contribution in [0.3, 0.4) is 0 Å². The standard InChI is InChI=1S/C16H20O/c17-16-12-6-4-10-15(11-5-7-13-16)14-8-2-1-3-9-14/h1-3,6,8-9,12,15H,4-5,7,10-11,13H2/b12-6+. The van der Waals surface area contributed by atoms with Crippen molar-refractivity contribution in [2.45, 2.75) is 44.4 Å². The Morgan fingerprint density at radius 1 is 1.00 bits per heavy atom. The molecular weight excluding hydrogens is 208 g/mol. The molecule has 0 radical (unpaired) electrons. The molecule has 1 aliphatic rings. The average molecular weight is 228 g/mol. The summed E-state index contributed by atoms with van der Waals surface area (Å²) >= 11 is 0. The molecule has 1 nitrogen and oxygen atoms in total. The van der Waals surface area contributed by atoms with E-state index in [-0.39, 0.29) is 0 Å². The van der Waals surface area contributed by atoms with E-state index in [0.29, 0.717) is 11.7 Å². The number of hydrogen-bond acceptors (Lipinski definition) is 1. The molecule has 0 bridgehead atoms. The predicted octanol–water partition coefficient (Wildman–Crippen LogP) is 4.25. The van der Waals surface area contributed by atoms with E-state index in [9.17, 15) is 4.79 Å². The van der Waals surface area contributed by atoms with E-state index in [0.717, 1.165) is 25.7 Å². The van der Waals surface area contributed by atoms with Gasteiger partial charge in [-0.3, -0.25) is 4.79 Å². The van der Waals surface area contributed by atoms with Crippen molar-refractivity contribution in [1.82, 2.24) is 0 Å². The van der Waals surface area contributed by atoms with Gasteiger partial charge >= 0.3 is 0 Å². The molecule has 1 atom stereocenters. The zero-order valence-electron chi connectivity index (χ0n) is 10.3. The van der Waals surface area contributed by atoms with Crippen molar-refractivity contribution in [2.75, 3.05) is 0 Å². The Kier molecular flexibility index (Phi) is 4.54. The molecule has 90 valence electrons. The molecular formula is C16H20O. The summed E-state index contributed by atoms with van der Waals surface area (Å²) in [6.45, 7) is 0. The van der Waals surface area contributed by atoms with Crippen LogP contribution in [0, 0.1) is 0 Å². The van der Waals surface area contributed by atoms with Crippen LogP contribution in [-0.4, -0.2) is 5.78 Å². The lowest BCUT2D eigenvalue weighted by Gasteiger charge is -2.17. The molecule has 0 spiro atoms. The van der Waals surface area contributed by atoms with E-state index >= 15 is 0 Å². The molecule has 0 heterocycles. The lowest BCUT2D eigenvalue weighted by atomic mass is 9.88. The number of carbonyl (C=O) groups is 1. The SMILES string of the molecule is O=C1/C=C/CCC(c2ccccc2)CCCC1. The van der Waals surface area contributed by atoms with Crippen LogP contribution >= 0.6 is 0 Å². The number of rotatable bonds is 1. The van der Waals surface area contributed by atoms with Crippen molar-refractivity contribution >= 4 is 5.78 Å². The molecule has 1 unspecified atom stereocenters. The van der Waals surface area contributed by atoms with Gasteiger partial charge in [0.2, 0.25) is 0 Å². The van der Waals surface area contributed by atoms with E-state index in [4.69, 9.17) is 0 Å².